The number of hydrogen-bond acceptors (Lipinski definition) is 5. The molecule has 26 heavy (non-hydrogen) atoms. The number of nitrogens with one attached hydrogen (secondary N) is 1. The van der Waals surface area contributed by atoms with E-state index < -0.39 is 23.5 Å². The quantitative estimate of drug-likeness (QED) is 0.693. The molecule has 1 amide bonds. The molecule has 134 valence electrons. The second-order valence-electron chi connectivity index (χ2n) is 5.26. The molecule has 0 spiro atoms. The Hall–Kier alpha value is -3.07. The number of aromatic nitrogens is 2. The lowest BCUT2D eigenvalue weighted by molar-refractivity contribution is -0.116. The number of esters is 1. The fraction of sp³-hybridized carbons (Fsp3) is 0.118. The lowest BCUT2D eigenvalue weighted by atomic mass is 10.3. The number of halogens is 2. The van der Waals surface area contributed by atoms with Gasteiger partial charge in [0.1, 0.15) is 28.8 Å². The zero-order valence-electron chi connectivity index (χ0n) is 13.5. The number of methoxy groups -OCH3 is 1. The Morgan fingerprint density at radius 1 is 1.19 bits per heavy atom. The van der Waals surface area contributed by atoms with Crippen molar-refractivity contribution in [3.05, 3.63) is 59.1 Å². The average Bonchev–Trinajstić information content (AvgIpc) is 3.22. The molecule has 1 N–H and O–H groups in total. The number of carbonyl (C=O) groups excluding carboxylic acids is 2. The topological polar surface area (TPSA) is 73.2 Å². The molecule has 0 saturated heterocycles. The van der Waals surface area contributed by atoms with Gasteiger partial charge in [-0.2, -0.15) is 5.10 Å². The highest BCUT2D eigenvalue weighted by atomic mass is 32.1. The van der Waals surface area contributed by atoms with Gasteiger partial charge in [0.2, 0.25) is 5.91 Å². The number of ether oxygens (including phenoxy) is 1. The van der Waals surface area contributed by atoms with Crippen LogP contribution >= 0.6 is 11.3 Å². The number of carbonyl (C=O) groups is 2. The molecule has 2 heterocycles. The summed E-state index contributed by atoms with van der Waals surface area (Å²) in [5.41, 5.74) is 0.621. The Kier molecular flexibility index (Phi) is 5.08. The van der Waals surface area contributed by atoms with Crippen molar-refractivity contribution >= 4 is 28.9 Å². The van der Waals surface area contributed by atoms with Crippen molar-refractivity contribution in [1.29, 1.82) is 0 Å². The molecule has 0 aliphatic heterocycles. The monoisotopic (exact) mass is 377 g/mol. The van der Waals surface area contributed by atoms with E-state index in [1.807, 2.05) is 0 Å². The molecule has 0 unspecified atom stereocenters. The van der Waals surface area contributed by atoms with Crippen LogP contribution in [0.15, 0.2) is 42.6 Å². The third kappa shape index (κ3) is 4.12. The van der Waals surface area contributed by atoms with E-state index in [1.165, 1.54) is 23.1 Å². The predicted molar refractivity (Wildman–Crippen MR) is 91.9 cm³/mol. The van der Waals surface area contributed by atoms with Crippen LogP contribution in [0.25, 0.3) is 10.6 Å². The van der Waals surface area contributed by atoms with Crippen LogP contribution < -0.4 is 5.32 Å². The van der Waals surface area contributed by atoms with Crippen molar-refractivity contribution in [2.75, 3.05) is 12.4 Å². The van der Waals surface area contributed by atoms with Crippen molar-refractivity contribution < 1.29 is 23.1 Å². The van der Waals surface area contributed by atoms with Gasteiger partial charge in [0.05, 0.1) is 12.0 Å². The Balaban J connectivity index is 1.67. The summed E-state index contributed by atoms with van der Waals surface area (Å²) in [6.45, 7) is -0.132. The fourth-order valence-electron chi connectivity index (χ4n) is 2.24. The smallest absolute Gasteiger partial charge is 0.348 e. The van der Waals surface area contributed by atoms with Crippen LogP contribution in [0.3, 0.4) is 0 Å². The van der Waals surface area contributed by atoms with Crippen molar-refractivity contribution in [3.63, 3.8) is 0 Å². The van der Waals surface area contributed by atoms with Gasteiger partial charge in [-0.1, -0.05) is 0 Å². The van der Waals surface area contributed by atoms with Gasteiger partial charge in [0, 0.05) is 18.0 Å². The first-order valence-corrected chi connectivity index (χ1v) is 8.24. The molecule has 0 aliphatic carbocycles. The Morgan fingerprint density at radius 2 is 1.92 bits per heavy atom. The lowest BCUT2D eigenvalue weighted by Crippen LogP contribution is -2.19. The molecule has 0 aliphatic rings. The molecule has 0 bridgehead atoms. The first-order chi connectivity index (χ1) is 12.4. The summed E-state index contributed by atoms with van der Waals surface area (Å²) in [6.07, 6.45) is 1.60. The number of hydrogen-bond donors (Lipinski definition) is 1. The third-order valence-electron chi connectivity index (χ3n) is 3.34. The van der Waals surface area contributed by atoms with E-state index in [1.54, 1.807) is 24.4 Å². The molecule has 2 aromatic heterocycles. The minimum atomic E-state index is -0.777. The van der Waals surface area contributed by atoms with Gasteiger partial charge in [-0.3, -0.25) is 9.48 Å². The van der Waals surface area contributed by atoms with Gasteiger partial charge in [-0.15, -0.1) is 11.3 Å². The van der Waals surface area contributed by atoms with Crippen LogP contribution in [0.4, 0.5) is 14.5 Å². The second-order valence-corrected chi connectivity index (χ2v) is 6.34. The van der Waals surface area contributed by atoms with Crippen molar-refractivity contribution in [1.82, 2.24) is 9.78 Å². The molecular formula is C17H13F2N3O3S. The van der Waals surface area contributed by atoms with Crippen molar-refractivity contribution in [2.45, 2.75) is 6.54 Å². The van der Waals surface area contributed by atoms with Crippen LogP contribution in [0.5, 0.6) is 0 Å². The largest absolute Gasteiger partial charge is 0.465 e. The second kappa shape index (κ2) is 7.44. The van der Waals surface area contributed by atoms with E-state index in [0.717, 1.165) is 23.1 Å². The van der Waals surface area contributed by atoms with Crippen LogP contribution in [-0.2, 0) is 16.1 Å². The highest BCUT2D eigenvalue weighted by molar-refractivity contribution is 7.17. The zero-order valence-corrected chi connectivity index (χ0v) is 14.3. The van der Waals surface area contributed by atoms with E-state index in [9.17, 15) is 18.4 Å². The van der Waals surface area contributed by atoms with Crippen LogP contribution in [0.1, 0.15) is 9.67 Å². The number of thiophene rings is 1. The van der Waals surface area contributed by atoms with E-state index in [0.29, 0.717) is 10.6 Å². The predicted octanol–water partition coefficient (Wildman–Crippen LogP) is 3.32. The molecule has 0 saturated carbocycles. The average molecular weight is 377 g/mol. The highest BCUT2D eigenvalue weighted by Crippen LogP contribution is 2.27. The summed E-state index contributed by atoms with van der Waals surface area (Å²) in [7, 11) is 1.31. The van der Waals surface area contributed by atoms with Gasteiger partial charge >= 0.3 is 5.97 Å². The van der Waals surface area contributed by atoms with Crippen LogP contribution in [0.2, 0.25) is 0 Å². The number of nitrogens with zero attached hydrogens (tertiary/aromatic N) is 2. The maximum Gasteiger partial charge on any atom is 0.348 e. The SMILES string of the molecule is COC(=O)c1ccc(-c2ccn(CC(=O)Nc3cc(F)cc(F)c3)n2)s1. The molecular weight excluding hydrogens is 364 g/mol. The first kappa shape index (κ1) is 17.7. The molecule has 6 nitrogen and oxygen atoms in total. The molecule has 9 heteroatoms. The Morgan fingerprint density at radius 3 is 2.62 bits per heavy atom. The zero-order chi connectivity index (χ0) is 18.7. The van der Waals surface area contributed by atoms with Crippen molar-refractivity contribution in [3.8, 4) is 10.6 Å². The summed E-state index contributed by atoms with van der Waals surface area (Å²) in [6, 6.07) is 7.83. The summed E-state index contributed by atoms with van der Waals surface area (Å²) in [4.78, 5) is 24.7. The van der Waals surface area contributed by atoms with Gasteiger partial charge in [0.15, 0.2) is 0 Å². The van der Waals surface area contributed by atoms with Gasteiger partial charge < -0.3 is 10.1 Å². The minimum absolute atomic E-state index is 0.0286. The van der Waals surface area contributed by atoms with E-state index in [4.69, 9.17) is 0 Å². The third-order valence-corrected chi connectivity index (χ3v) is 4.43. The Labute approximate surface area is 151 Å². The molecule has 3 rings (SSSR count). The maximum atomic E-state index is 13.1. The first-order valence-electron chi connectivity index (χ1n) is 7.42. The molecule has 3 aromatic rings. The molecule has 0 atom stereocenters. The lowest BCUT2D eigenvalue weighted by Gasteiger charge is -2.05. The molecule has 0 fully saturated rings. The fourth-order valence-corrected chi connectivity index (χ4v) is 3.13. The standard InChI is InChI=1S/C17H13F2N3O3S/c1-25-17(24)15-3-2-14(26-15)13-4-5-22(21-13)9-16(23)20-12-7-10(18)6-11(19)8-12/h2-8H,9H2,1H3,(H,20,23). The number of rotatable bonds is 5. The molecule has 0 radical (unpaired) electrons. The van der Waals surface area contributed by atoms with E-state index in [-0.39, 0.29) is 12.2 Å². The van der Waals surface area contributed by atoms with Crippen LogP contribution in [0, 0.1) is 11.6 Å². The highest BCUT2D eigenvalue weighted by Gasteiger charge is 2.13. The van der Waals surface area contributed by atoms with E-state index >= 15 is 0 Å². The number of amides is 1. The van der Waals surface area contributed by atoms with Gasteiger partial charge in [-0.25, -0.2) is 13.6 Å². The van der Waals surface area contributed by atoms with Gasteiger partial charge in [0.25, 0.3) is 0 Å². The molecule has 1 aromatic carbocycles. The number of anilines is 1. The minimum Gasteiger partial charge on any atom is -0.465 e. The van der Waals surface area contributed by atoms with Crippen molar-refractivity contribution in [2.24, 2.45) is 0 Å². The summed E-state index contributed by atoms with van der Waals surface area (Å²) < 4.78 is 32.3. The van der Waals surface area contributed by atoms with Crippen LogP contribution in [-0.4, -0.2) is 28.8 Å². The van der Waals surface area contributed by atoms with E-state index in [2.05, 4.69) is 15.2 Å². The summed E-state index contributed by atoms with van der Waals surface area (Å²) >= 11 is 1.22. The Bertz CT molecular complexity index is 948. The summed E-state index contributed by atoms with van der Waals surface area (Å²) in [5, 5.41) is 6.67. The number of benzene rings is 1. The maximum absolute atomic E-state index is 13.1. The summed E-state index contributed by atoms with van der Waals surface area (Å²) in [5.74, 6) is -2.46. The van der Waals surface area contributed by atoms with Gasteiger partial charge in [-0.05, 0) is 30.3 Å². The normalized spacial score (nSPS) is 10.6.